The van der Waals surface area contributed by atoms with E-state index in [-0.39, 0.29) is 0 Å². The van der Waals surface area contributed by atoms with Crippen molar-refractivity contribution in [1.82, 2.24) is 10.2 Å². The van der Waals surface area contributed by atoms with Crippen LogP contribution in [0.4, 0.5) is 4.39 Å². The Morgan fingerprint density at radius 2 is 1.59 bits per heavy atom. The van der Waals surface area contributed by atoms with Crippen LogP contribution in [0, 0.1) is 0 Å². The summed E-state index contributed by atoms with van der Waals surface area (Å²) in [5.41, 5.74) is 0. The zero-order valence-corrected chi connectivity index (χ0v) is 12.4. The molecule has 1 fully saturated rings. The zero-order valence-electron chi connectivity index (χ0n) is 12.4. The van der Waals surface area contributed by atoms with Crippen molar-refractivity contribution in [3.63, 3.8) is 0 Å². The van der Waals surface area contributed by atoms with Crippen molar-refractivity contribution in [3.8, 4) is 0 Å². The quantitative estimate of drug-likeness (QED) is 0.726. The lowest BCUT2D eigenvalue weighted by Crippen LogP contribution is -2.33. The van der Waals surface area contributed by atoms with Crippen molar-refractivity contribution in [2.45, 2.75) is 46.7 Å². The van der Waals surface area contributed by atoms with Gasteiger partial charge in [0.05, 0.1) is 0 Å². The minimum atomic E-state index is -0.521. The average molecular weight is 250 g/mol. The highest BCUT2D eigenvalue weighted by atomic mass is 19.1. The molecular weight excluding hydrogens is 219 g/mol. The van der Waals surface area contributed by atoms with Crippen LogP contribution in [0.5, 0.6) is 0 Å². The fraction of sp³-hybridized carbons (Fsp3) is 0.923. The highest BCUT2D eigenvalue weighted by molar-refractivity contribution is 5.44. The van der Waals surface area contributed by atoms with Gasteiger partial charge in [0.2, 0.25) is 0 Å². The van der Waals surface area contributed by atoms with Crippen LogP contribution in [-0.2, 0) is 4.79 Å². The van der Waals surface area contributed by atoms with Gasteiger partial charge in [-0.2, -0.15) is 0 Å². The van der Waals surface area contributed by atoms with E-state index in [0.717, 1.165) is 38.8 Å². The second-order valence-electron chi connectivity index (χ2n) is 3.34. The highest BCUT2D eigenvalue weighted by Crippen LogP contribution is 2.11. The Morgan fingerprint density at radius 3 is 1.82 bits per heavy atom. The number of piperidine rings is 1. The number of hydrogen-bond donors (Lipinski definition) is 1. The Labute approximate surface area is 107 Å². The molecule has 0 aliphatic carbocycles. The summed E-state index contributed by atoms with van der Waals surface area (Å²) >= 11 is 0. The van der Waals surface area contributed by atoms with Gasteiger partial charge in [0.1, 0.15) is 12.5 Å². The van der Waals surface area contributed by atoms with E-state index in [9.17, 15) is 4.39 Å². The molecule has 0 atom stereocenters. The number of hydrogen-bond acceptors (Lipinski definition) is 3. The van der Waals surface area contributed by atoms with Crippen molar-refractivity contribution in [2.24, 2.45) is 0 Å². The predicted molar refractivity (Wildman–Crippen MR) is 74.3 cm³/mol. The molecule has 0 aromatic carbocycles. The van der Waals surface area contributed by atoms with Gasteiger partial charge in [0, 0.05) is 13.1 Å². The number of alkyl halides is 1. The lowest BCUT2D eigenvalue weighted by atomic mass is 10.1. The molecule has 0 unspecified atom stereocenters. The maximum atomic E-state index is 12.5. The highest BCUT2D eigenvalue weighted by Gasteiger charge is 2.15. The Hall–Kier alpha value is -0.480. The summed E-state index contributed by atoms with van der Waals surface area (Å²) in [7, 11) is 3.75. The van der Waals surface area contributed by atoms with E-state index in [1.807, 2.05) is 27.9 Å². The summed E-state index contributed by atoms with van der Waals surface area (Å²) in [5, 5.41) is 2.75. The van der Waals surface area contributed by atoms with Crippen LogP contribution in [0.2, 0.25) is 0 Å². The third-order valence-corrected chi connectivity index (χ3v) is 1.96. The average Bonchev–Trinajstić information content (AvgIpc) is 2.35. The summed E-state index contributed by atoms with van der Waals surface area (Å²) in [6.07, 6.45) is 1.72. The summed E-state index contributed by atoms with van der Waals surface area (Å²) < 4.78 is 12.5. The molecular formula is C13H31FN2O. The van der Waals surface area contributed by atoms with E-state index in [1.165, 1.54) is 6.92 Å². The van der Waals surface area contributed by atoms with E-state index >= 15 is 0 Å². The molecule has 0 saturated carbocycles. The molecule has 0 amide bonds. The lowest BCUT2D eigenvalue weighted by Gasteiger charge is -2.26. The summed E-state index contributed by atoms with van der Waals surface area (Å²) in [5.74, 6) is 0. The normalized spacial score (nSPS) is 15.2. The number of carbonyl (C=O) groups is 1. The molecule has 17 heavy (non-hydrogen) atoms. The van der Waals surface area contributed by atoms with Crippen LogP contribution in [-0.4, -0.2) is 51.1 Å². The minimum absolute atomic E-state index is 0.521. The molecule has 0 bridgehead atoms. The number of carbonyl (C=O) groups excluding carboxylic acids is 1. The van der Waals surface area contributed by atoms with Crippen molar-refractivity contribution in [3.05, 3.63) is 0 Å². The Bertz CT molecular complexity index is 127. The van der Waals surface area contributed by atoms with Crippen LogP contribution >= 0.6 is 0 Å². The van der Waals surface area contributed by atoms with Crippen LogP contribution in [0.25, 0.3) is 0 Å². The SMILES string of the molecule is CC.CC=O.CCN1CCC(F)CC1.CNC. The summed E-state index contributed by atoms with van der Waals surface area (Å²) in [6.45, 7) is 10.6. The second-order valence-corrected chi connectivity index (χ2v) is 3.34. The first-order valence-electron chi connectivity index (χ1n) is 6.50. The van der Waals surface area contributed by atoms with Crippen LogP contribution < -0.4 is 5.32 Å². The Balaban J connectivity index is -0.000000207. The third-order valence-electron chi connectivity index (χ3n) is 1.96. The first-order chi connectivity index (χ1) is 8.15. The third kappa shape index (κ3) is 21.4. The first-order valence-corrected chi connectivity index (χ1v) is 6.50. The molecule has 1 rings (SSSR count). The number of halogens is 1. The molecule has 1 aliphatic rings. The largest absolute Gasteiger partial charge is 0.323 e. The van der Waals surface area contributed by atoms with Crippen LogP contribution in [0.3, 0.4) is 0 Å². The van der Waals surface area contributed by atoms with E-state index in [1.54, 1.807) is 0 Å². The fourth-order valence-corrected chi connectivity index (χ4v) is 1.22. The molecule has 0 spiro atoms. The van der Waals surface area contributed by atoms with Crippen molar-refractivity contribution >= 4 is 6.29 Å². The van der Waals surface area contributed by atoms with Crippen molar-refractivity contribution < 1.29 is 9.18 Å². The molecule has 106 valence electrons. The maximum Gasteiger partial charge on any atom is 0.116 e. The minimum Gasteiger partial charge on any atom is -0.323 e. The Morgan fingerprint density at radius 1 is 1.29 bits per heavy atom. The van der Waals surface area contributed by atoms with Crippen LogP contribution in [0.1, 0.15) is 40.5 Å². The van der Waals surface area contributed by atoms with Crippen LogP contribution in [0.15, 0.2) is 0 Å². The van der Waals surface area contributed by atoms with Gasteiger partial charge < -0.3 is 15.0 Å². The van der Waals surface area contributed by atoms with Crippen molar-refractivity contribution in [2.75, 3.05) is 33.7 Å². The number of aldehydes is 1. The molecule has 0 radical (unpaired) electrons. The van der Waals surface area contributed by atoms with Gasteiger partial charge in [-0.1, -0.05) is 20.8 Å². The van der Waals surface area contributed by atoms with Gasteiger partial charge in [-0.3, -0.25) is 0 Å². The van der Waals surface area contributed by atoms with Crippen molar-refractivity contribution in [1.29, 1.82) is 0 Å². The topological polar surface area (TPSA) is 32.3 Å². The van der Waals surface area contributed by atoms with E-state index in [4.69, 9.17) is 4.79 Å². The van der Waals surface area contributed by atoms with E-state index < -0.39 is 6.17 Å². The monoisotopic (exact) mass is 250 g/mol. The van der Waals surface area contributed by atoms with E-state index in [2.05, 4.69) is 17.1 Å². The molecule has 1 aliphatic heterocycles. The predicted octanol–water partition coefficient (Wildman–Crippen LogP) is 2.51. The van der Waals surface area contributed by atoms with Gasteiger partial charge in [-0.15, -0.1) is 0 Å². The maximum absolute atomic E-state index is 12.5. The van der Waals surface area contributed by atoms with Gasteiger partial charge in [0.25, 0.3) is 0 Å². The lowest BCUT2D eigenvalue weighted by molar-refractivity contribution is -0.106. The number of nitrogens with zero attached hydrogens (tertiary/aromatic N) is 1. The van der Waals surface area contributed by atoms with Gasteiger partial charge in [-0.05, 0) is 40.4 Å². The summed E-state index contributed by atoms with van der Waals surface area (Å²) in [4.78, 5) is 11.1. The zero-order chi connectivity index (χ0) is 14.1. The fourth-order valence-electron chi connectivity index (χ4n) is 1.22. The van der Waals surface area contributed by atoms with E-state index in [0.29, 0.717) is 0 Å². The molecule has 0 aromatic rings. The first kappa shape index (κ1) is 21.8. The standard InChI is InChI=1S/C7H14FN.C2H7N.C2H4O.C2H6/c1-2-9-5-3-7(8)4-6-9;1-3-2;1-2-3;1-2/h7H,2-6H2,1H3;3H,1-2H3;2H,1H3;1-2H3. The number of nitrogens with one attached hydrogen (secondary N) is 1. The number of likely N-dealkylation sites (tertiary alicyclic amines) is 1. The molecule has 0 aromatic heterocycles. The Kier molecular flexibility index (Phi) is 26.7. The molecule has 4 heteroatoms. The smallest absolute Gasteiger partial charge is 0.116 e. The molecule has 1 heterocycles. The second kappa shape index (κ2) is 20.9. The van der Waals surface area contributed by atoms with Gasteiger partial charge in [0.15, 0.2) is 0 Å². The summed E-state index contributed by atoms with van der Waals surface area (Å²) in [6, 6.07) is 0. The van der Waals surface area contributed by atoms with Gasteiger partial charge >= 0.3 is 0 Å². The number of rotatable bonds is 1. The molecule has 1 N–H and O–H groups in total. The molecule has 1 saturated heterocycles. The molecule has 3 nitrogen and oxygen atoms in total. The van der Waals surface area contributed by atoms with Gasteiger partial charge in [-0.25, -0.2) is 4.39 Å².